The van der Waals surface area contributed by atoms with Crippen LogP contribution in [0.15, 0.2) is 79.1 Å². The molecule has 0 aliphatic rings. The highest BCUT2D eigenvalue weighted by Gasteiger charge is 2.10. The van der Waals surface area contributed by atoms with Crippen LogP contribution < -0.4 is 10.6 Å². The number of nitrogens with zero attached hydrogens (tertiary/aromatic N) is 1. The molecule has 0 spiro atoms. The van der Waals surface area contributed by atoms with Gasteiger partial charge in [-0.2, -0.15) is 0 Å². The molecule has 3 aromatic rings. The first-order valence-corrected chi connectivity index (χ1v) is 9.60. The van der Waals surface area contributed by atoms with Crippen LogP contribution in [0.25, 0.3) is 0 Å². The number of hydrogen-bond acceptors (Lipinski definition) is 4. The molecule has 0 aliphatic carbocycles. The summed E-state index contributed by atoms with van der Waals surface area (Å²) >= 11 is 1.51. The summed E-state index contributed by atoms with van der Waals surface area (Å²) in [7, 11) is 0. The van der Waals surface area contributed by atoms with Gasteiger partial charge in [0, 0.05) is 23.7 Å². The van der Waals surface area contributed by atoms with Gasteiger partial charge in [0.1, 0.15) is 0 Å². The zero-order chi connectivity index (χ0) is 18.9. The number of carbonyl (C=O) groups excluding carboxylic acids is 2. The largest absolute Gasteiger partial charge is 0.324 e. The number of nitrogens with one attached hydrogen (secondary N) is 2. The van der Waals surface area contributed by atoms with Crippen molar-refractivity contribution in [3.63, 3.8) is 0 Å². The summed E-state index contributed by atoms with van der Waals surface area (Å²) in [5, 5.41) is 5.71. The normalized spacial score (nSPS) is 10.2. The molecule has 2 aromatic carbocycles. The molecule has 0 saturated carbocycles. The molecule has 136 valence electrons. The Hall–Kier alpha value is -3.12. The SMILES string of the molecule is O=C(CSCc1cccnc1)Nc1ccccc1NC(=O)c1ccccc1. The topological polar surface area (TPSA) is 71.1 Å². The highest BCUT2D eigenvalue weighted by molar-refractivity contribution is 7.99. The van der Waals surface area contributed by atoms with Crippen molar-refractivity contribution in [1.29, 1.82) is 0 Å². The number of carbonyl (C=O) groups is 2. The quantitative estimate of drug-likeness (QED) is 0.647. The number of pyridine rings is 1. The maximum atomic E-state index is 12.3. The van der Waals surface area contributed by atoms with Crippen molar-refractivity contribution in [3.8, 4) is 0 Å². The molecule has 2 amide bonds. The number of rotatable bonds is 7. The Morgan fingerprint density at radius 1 is 0.852 bits per heavy atom. The fraction of sp³-hybridized carbons (Fsp3) is 0.0952. The average Bonchev–Trinajstić information content (AvgIpc) is 2.71. The molecule has 0 radical (unpaired) electrons. The monoisotopic (exact) mass is 377 g/mol. The van der Waals surface area contributed by atoms with Gasteiger partial charge in [0.25, 0.3) is 5.91 Å². The average molecular weight is 377 g/mol. The van der Waals surface area contributed by atoms with Gasteiger partial charge in [-0.25, -0.2) is 0 Å². The van der Waals surface area contributed by atoms with Gasteiger partial charge in [-0.15, -0.1) is 11.8 Å². The van der Waals surface area contributed by atoms with E-state index in [1.807, 2.05) is 42.5 Å². The molecule has 0 saturated heterocycles. The van der Waals surface area contributed by atoms with Gasteiger partial charge >= 0.3 is 0 Å². The van der Waals surface area contributed by atoms with Crippen LogP contribution in [0.5, 0.6) is 0 Å². The van der Waals surface area contributed by atoms with Crippen LogP contribution in [0.3, 0.4) is 0 Å². The third-order valence-electron chi connectivity index (χ3n) is 3.71. The van der Waals surface area contributed by atoms with E-state index in [1.54, 1.807) is 36.7 Å². The summed E-state index contributed by atoms with van der Waals surface area (Å²) in [5.74, 6) is 0.692. The number of aromatic nitrogens is 1. The molecule has 0 unspecified atom stereocenters. The van der Waals surface area contributed by atoms with Crippen molar-refractivity contribution >= 4 is 35.0 Å². The molecule has 1 heterocycles. The van der Waals surface area contributed by atoms with Crippen LogP contribution >= 0.6 is 11.8 Å². The van der Waals surface area contributed by atoms with Crippen molar-refractivity contribution < 1.29 is 9.59 Å². The van der Waals surface area contributed by atoms with Crippen molar-refractivity contribution in [2.75, 3.05) is 16.4 Å². The molecule has 0 aliphatic heterocycles. The van der Waals surface area contributed by atoms with Gasteiger partial charge in [-0.1, -0.05) is 36.4 Å². The van der Waals surface area contributed by atoms with E-state index in [2.05, 4.69) is 15.6 Å². The fourth-order valence-electron chi connectivity index (χ4n) is 2.42. The first kappa shape index (κ1) is 18.7. The Bertz CT molecular complexity index is 902. The van der Waals surface area contributed by atoms with E-state index in [1.165, 1.54) is 11.8 Å². The minimum Gasteiger partial charge on any atom is -0.324 e. The Morgan fingerprint density at radius 3 is 2.26 bits per heavy atom. The molecule has 0 bridgehead atoms. The Morgan fingerprint density at radius 2 is 1.56 bits per heavy atom. The second-order valence-electron chi connectivity index (χ2n) is 5.77. The number of amides is 2. The van der Waals surface area contributed by atoms with Crippen LogP contribution in [0.4, 0.5) is 11.4 Å². The van der Waals surface area contributed by atoms with Crippen molar-refractivity contribution in [2.45, 2.75) is 5.75 Å². The minimum atomic E-state index is -0.219. The summed E-state index contributed by atoms with van der Waals surface area (Å²) in [6.45, 7) is 0. The van der Waals surface area contributed by atoms with Gasteiger partial charge in [-0.3, -0.25) is 14.6 Å². The summed E-state index contributed by atoms with van der Waals surface area (Å²) in [6.07, 6.45) is 3.51. The highest BCUT2D eigenvalue weighted by atomic mass is 32.2. The number of thioether (sulfide) groups is 1. The predicted octanol–water partition coefficient (Wildman–Crippen LogP) is 4.21. The Kier molecular flexibility index (Phi) is 6.60. The molecule has 27 heavy (non-hydrogen) atoms. The van der Waals surface area contributed by atoms with E-state index in [0.717, 1.165) is 5.56 Å². The van der Waals surface area contributed by atoms with Gasteiger partial charge in [-0.05, 0) is 35.9 Å². The van der Waals surface area contributed by atoms with Crippen LogP contribution in [0, 0.1) is 0 Å². The maximum Gasteiger partial charge on any atom is 0.255 e. The zero-order valence-corrected chi connectivity index (χ0v) is 15.4. The third-order valence-corrected chi connectivity index (χ3v) is 4.71. The van der Waals surface area contributed by atoms with Crippen molar-refractivity contribution in [3.05, 3.63) is 90.3 Å². The minimum absolute atomic E-state index is 0.120. The van der Waals surface area contributed by atoms with E-state index >= 15 is 0 Å². The lowest BCUT2D eigenvalue weighted by molar-refractivity contribution is -0.113. The maximum absolute atomic E-state index is 12.3. The van der Waals surface area contributed by atoms with Crippen molar-refractivity contribution in [2.24, 2.45) is 0 Å². The Labute approximate surface area is 162 Å². The van der Waals surface area contributed by atoms with Gasteiger partial charge in [0.15, 0.2) is 0 Å². The molecule has 0 atom stereocenters. The predicted molar refractivity (Wildman–Crippen MR) is 110 cm³/mol. The number of anilines is 2. The summed E-state index contributed by atoms with van der Waals surface area (Å²) in [4.78, 5) is 28.7. The van der Waals surface area contributed by atoms with Crippen LogP contribution in [0.1, 0.15) is 15.9 Å². The van der Waals surface area contributed by atoms with Gasteiger partial charge in [0.05, 0.1) is 17.1 Å². The standard InChI is InChI=1S/C21H19N3O2S/c25-20(15-27-14-16-7-6-12-22-13-16)23-18-10-4-5-11-19(18)24-21(26)17-8-2-1-3-9-17/h1-13H,14-15H2,(H,23,25)(H,24,26). The molecule has 3 rings (SSSR count). The second-order valence-corrected chi connectivity index (χ2v) is 6.75. The smallest absolute Gasteiger partial charge is 0.255 e. The van der Waals surface area contributed by atoms with Crippen LogP contribution in [0.2, 0.25) is 0 Å². The number of hydrogen-bond donors (Lipinski definition) is 2. The first-order valence-electron chi connectivity index (χ1n) is 8.44. The highest BCUT2D eigenvalue weighted by Crippen LogP contribution is 2.22. The van der Waals surface area contributed by atoms with E-state index in [-0.39, 0.29) is 11.8 Å². The van der Waals surface area contributed by atoms with E-state index in [9.17, 15) is 9.59 Å². The summed E-state index contributed by atoms with van der Waals surface area (Å²) in [5.41, 5.74) is 2.78. The molecular formula is C21H19N3O2S. The molecular weight excluding hydrogens is 358 g/mol. The second kappa shape index (κ2) is 9.54. The summed E-state index contributed by atoms with van der Waals surface area (Å²) in [6, 6.07) is 20.0. The number of benzene rings is 2. The lowest BCUT2D eigenvalue weighted by Gasteiger charge is -2.12. The molecule has 5 nitrogen and oxygen atoms in total. The van der Waals surface area contributed by atoms with Crippen LogP contribution in [-0.4, -0.2) is 22.6 Å². The van der Waals surface area contributed by atoms with Crippen LogP contribution in [-0.2, 0) is 10.5 Å². The lowest BCUT2D eigenvalue weighted by atomic mass is 10.2. The molecule has 0 fully saturated rings. The Balaban J connectivity index is 1.57. The first-order chi connectivity index (χ1) is 13.2. The fourth-order valence-corrected chi connectivity index (χ4v) is 3.18. The lowest BCUT2D eigenvalue weighted by Crippen LogP contribution is -2.18. The van der Waals surface area contributed by atoms with Gasteiger partial charge < -0.3 is 10.6 Å². The molecule has 6 heteroatoms. The third kappa shape index (κ3) is 5.69. The summed E-state index contributed by atoms with van der Waals surface area (Å²) < 4.78 is 0. The van der Waals surface area contributed by atoms with Gasteiger partial charge in [0.2, 0.25) is 5.91 Å². The van der Waals surface area contributed by atoms with E-state index < -0.39 is 0 Å². The molecule has 1 aromatic heterocycles. The zero-order valence-electron chi connectivity index (χ0n) is 14.6. The van der Waals surface area contributed by atoms with E-state index in [4.69, 9.17) is 0 Å². The number of para-hydroxylation sites is 2. The molecule has 2 N–H and O–H groups in total. The van der Waals surface area contributed by atoms with E-state index in [0.29, 0.717) is 28.4 Å². The van der Waals surface area contributed by atoms with Crippen molar-refractivity contribution in [1.82, 2.24) is 4.98 Å².